The molecule has 1 aliphatic heterocycles. The van der Waals surface area contributed by atoms with E-state index in [2.05, 4.69) is 5.32 Å². The second-order valence-corrected chi connectivity index (χ2v) is 5.60. The Morgan fingerprint density at radius 1 is 1.35 bits per heavy atom. The summed E-state index contributed by atoms with van der Waals surface area (Å²) >= 11 is 0. The van der Waals surface area contributed by atoms with Gasteiger partial charge in [-0.3, -0.25) is 4.79 Å². The number of rotatable bonds is 5. The van der Waals surface area contributed by atoms with Crippen LogP contribution in [-0.4, -0.2) is 35.2 Å². The summed E-state index contributed by atoms with van der Waals surface area (Å²) in [6, 6.07) is 1.40. The molecule has 1 heterocycles. The van der Waals surface area contributed by atoms with Crippen LogP contribution in [0.4, 0.5) is 8.78 Å². The Bertz CT molecular complexity index is 638. The number of carboxylic acids is 1. The molecule has 2 rings (SSSR count). The van der Waals surface area contributed by atoms with Gasteiger partial charge in [-0.1, -0.05) is 19.9 Å². The Morgan fingerprint density at radius 3 is 2.52 bits per heavy atom. The number of benzene rings is 1. The molecule has 0 saturated heterocycles. The molecule has 0 aromatic heterocycles. The normalized spacial score (nSPS) is 15.0. The molecular formula is C14H16BF2NO5. The van der Waals surface area contributed by atoms with Gasteiger partial charge in [0.1, 0.15) is 6.04 Å². The maximum Gasteiger partial charge on any atom is 0.492 e. The van der Waals surface area contributed by atoms with Gasteiger partial charge in [0, 0.05) is 11.1 Å². The SMILES string of the molecule is CC(C)[C@H](NC(=O)c1ccc2c(c1C(F)F)B(O)OC2)C(=O)O. The minimum atomic E-state index is -3.01. The van der Waals surface area contributed by atoms with Crippen LogP contribution in [-0.2, 0) is 16.1 Å². The van der Waals surface area contributed by atoms with Gasteiger partial charge >= 0.3 is 13.1 Å². The highest BCUT2D eigenvalue weighted by Crippen LogP contribution is 2.26. The van der Waals surface area contributed by atoms with E-state index in [4.69, 9.17) is 9.76 Å². The summed E-state index contributed by atoms with van der Waals surface area (Å²) in [5.74, 6) is -2.60. The third kappa shape index (κ3) is 3.35. The molecular weight excluding hydrogens is 311 g/mol. The second-order valence-electron chi connectivity index (χ2n) is 5.60. The zero-order valence-electron chi connectivity index (χ0n) is 12.5. The first-order valence-corrected chi connectivity index (χ1v) is 7.01. The van der Waals surface area contributed by atoms with E-state index in [0.29, 0.717) is 5.56 Å². The van der Waals surface area contributed by atoms with Crippen molar-refractivity contribution in [2.75, 3.05) is 0 Å². The highest BCUT2D eigenvalue weighted by Gasteiger charge is 2.36. The van der Waals surface area contributed by atoms with E-state index in [1.54, 1.807) is 13.8 Å². The summed E-state index contributed by atoms with van der Waals surface area (Å²) in [5.41, 5.74) is -0.736. The smallest absolute Gasteiger partial charge is 0.480 e. The van der Waals surface area contributed by atoms with Crippen LogP contribution in [0.5, 0.6) is 0 Å². The van der Waals surface area contributed by atoms with E-state index in [1.807, 2.05) is 0 Å². The number of hydrogen-bond donors (Lipinski definition) is 3. The minimum Gasteiger partial charge on any atom is -0.480 e. The summed E-state index contributed by atoms with van der Waals surface area (Å²) in [7, 11) is -1.53. The van der Waals surface area contributed by atoms with Gasteiger partial charge < -0.3 is 20.1 Å². The van der Waals surface area contributed by atoms with Crippen LogP contribution in [0.15, 0.2) is 12.1 Å². The van der Waals surface area contributed by atoms with E-state index in [9.17, 15) is 23.4 Å². The van der Waals surface area contributed by atoms with Gasteiger partial charge in [0.2, 0.25) is 0 Å². The number of carboxylic acid groups (broad SMARTS) is 1. The highest BCUT2D eigenvalue weighted by atomic mass is 19.3. The van der Waals surface area contributed by atoms with Gasteiger partial charge in [0.25, 0.3) is 12.3 Å². The van der Waals surface area contributed by atoms with Crippen molar-refractivity contribution in [1.29, 1.82) is 0 Å². The van der Waals surface area contributed by atoms with E-state index in [-0.39, 0.29) is 17.6 Å². The van der Waals surface area contributed by atoms with Crippen LogP contribution < -0.4 is 10.8 Å². The standard InChI is InChI=1S/C14H16BF2NO5/c1-6(2)11(14(20)21)18-13(19)8-4-3-7-5-23-15(22)10(7)9(8)12(16)17/h3-4,6,11-12,22H,5H2,1-2H3,(H,18,19)(H,20,21)/t11-/m0/s1. The molecule has 124 valence electrons. The van der Waals surface area contributed by atoms with Crippen LogP contribution in [0.1, 0.15) is 41.8 Å². The molecule has 0 fully saturated rings. The molecule has 1 amide bonds. The van der Waals surface area contributed by atoms with Crippen molar-refractivity contribution in [2.45, 2.75) is 32.9 Å². The first kappa shape index (κ1) is 17.4. The Hall–Kier alpha value is -2.00. The van der Waals surface area contributed by atoms with Crippen LogP contribution in [0.2, 0.25) is 0 Å². The third-order valence-corrected chi connectivity index (χ3v) is 3.70. The minimum absolute atomic E-state index is 0.0259. The monoisotopic (exact) mass is 327 g/mol. The molecule has 1 aliphatic rings. The molecule has 3 N–H and O–H groups in total. The molecule has 0 saturated carbocycles. The Balaban J connectivity index is 2.42. The van der Waals surface area contributed by atoms with E-state index in [0.717, 1.165) is 0 Å². The molecule has 0 bridgehead atoms. The zero-order valence-corrected chi connectivity index (χ0v) is 12.5. The molecule has 1 aromatic carbocycles. The topological polar surface area (TPSA) is 95.9 Å². The van der Waals surface area contributed by atoms with Crippen molar-refractivity contribution in [3.8, 4) is 0 Å². The summed E-state index contributed by atoms with van der Waals surface area (Å²) in [6.07, 6.45) is -3.01. The molecule has 23 heavy (non-hydrogen) atoms. The quantitative estimate of drug-likeness (QED) is 0.691. The summed E-state index contributed by atoms with van der Waals surface area (Å²) in [5, 5.41) is 21.0. The Kier molecular flexibility index (Phi) is 5.01. The molecule has 0 aliphatic carbocycles. The van der Waals surface area contributed by atoms with Crippen molar-refractivity contribution >= 4 is 24.5 Å². The maximum atomic E-state index is 13.4. The number of nitrogens with one attached hydrogen (secondary N) is 1. The van der Waals surface area contributed by atoms with Crippen molar-refractivity contribution in [2.24, 2.45) is 5.92 Å². The molecule has 0 unspecified atom stereocenters. The summed E-state index contributed by atoms with van der Waals surface area (Å²) in [4.78, 5) is 23.4. The van der Waals surface area contributed by atoms with E-state index < -0.39 is 42.9 Å². The molecule has 1 aromatic rings. The van der Waals surface area contributed by atoms with Crippen LogP contribution >= 0.6 is 0 Å². The lowest BCUT2D eigenvalue weighted by molar-refractivity contribution is -0.140. The van der Waals surface area contributed by atoms with Crippen LogP contribution in [0.25, 0.3) is 0 Å². The molecule has 1 atom stereocenters. The van der Waals surface area contributed by atoms with Gasteiger partial charge in [-0.15, -0.1) is 0 Å². The second kappa shape index (κ2) is 6.63. The fourth-order valence-electron chi connectivity index (χ4n) is 2.52. The number of halogens is 2. The van der Waals surface area contributed by atoms with Crippen molar-refractivity contribution in [3.63, 3.8) is 0 Å². The van der Waals surface area contributed by atoms with E-state index in [1.165, 1.54) is 12.1 Å². The predicted octanol–water partition coefficient (Wildman–Crippen LogP) is 0.681. The van der Waals surface area contributed by atoms with E-state index >= 15 is 0 Å². The summed E-state index contributed by atoms with van der Waals surface area (Å²) < 4.78 is 31.7. The fourth-order valence-corrected chi connectivity index (χ4v) is 2.52. The lowest BCUT2D eigenvalue weighted by Gasteiger charge is -2.20. The number of carbonyl (C=O) groups excluding carboxylic acids is 1. The lowest BCUT2D eigenvalue weighted by Crippen LogP contribution is -2.45. The van der Waals surface area contributed by atoms with Gasteiger partial charge in [-0.25, -0.2) is 13.6 Å². The number of amides is 1. The van der Waals surface area contributed by atoms with Crippen LogP contribution in [0.3, 0.4) is 0 Å². The number of alkyl halides is 2. The highest BCUT2D eigenvalue weighted by molar-refractivity contribution is 6.62. The van der Waals surface area contributed by atoms with Gasteiger partial charge in [-0.2, -0.15) is 0 Å². The third-order valence-electron chi connectivity index (χ3n) is 3.70. The average molecular weight is 327 g/mol. The first-order chi connectivity index (χ1) is 10.7. The molecule has 9 heteroatoms. The lowest BCUT2D eigenvalue weighted by atomic mass is 9.74. The Morgan fingerprint density at radius 2 is 2.00 bits per heavy atom. The molecule has 6 nitrogen and oxygen atoms in total. The number of fused-ring (bicyclic) bond motifs is 1. The summed E-state index contributed by atoms with van der Waals surface area (Å²) in [6.45, 7) is 3.16. The number of carbonyl (C=O) groups is 2. The number of hydrogen-bond acceptors (Lipinski definition) is 4. The predicted molar refractivity (Wildman–Crippen MR) is 77.5 cm³/mol. The van der Waals surface area contributed by atoms with Crippen molar-refractivity contribution < 1.29 is 33.2 Å². The Labute approximate surface area is 131 Å². The number of aliphatic carboxylic acids is 1. The average Bonchev–Trinajstić information content (AvgIpc) is 2.84. The zero-order chi connectivity index (χ0) is 17.3. The molecule has 0 radical (unpaired) electrons. The van der Waals surface area contributed by atoms with Crippen molar-refractivity contribution in [3.05, 3.63) is 28.8 Å². The fraction of sp³-hybridized carbons (Fsp3) is 0.429. The van der Waals surface area contributed by atoms with Gasteiger partial charge in [0.05, 0.1) is 6.61 Å². The largest absolute Gasteiger partial charge is 0.492 e. The van der Waals surface area contributed by atoms with Gasteiger partial charge in [0.15, 0.2) is 0 Å². The maximum absolute atomic E-state index is 13.4. The van der Waals surface area contributed by atoms with Gasteiger partial charge in [-0.05, 0) is 23.0 Å². The van der Waals surface area contributed by atoms with Crippen LogP contribution in [0, 0.1) is 5.92 Å². The molecule has 0 spiro atoms. The van der Waals surface area contributed by atoms with Crippen molar-refractivity contribution in [1.82, 2.24) is 5.32 Å². The first-order valence-electron chi connectivity index (χ1n) is 7.01.